The van der Waals surface area contributed by atoms with Crippen molar-refractivity contribution in [3.63, 3.8) is 0 Å². The van der Waals surface area contributed by atoms with E-state index in [0.717, 1.165) is 12.0 Å². The van der Waals surface area contributed by atoms with Gasteiger partial charge in [-0.05, 0) is 19.1 Å². The van der Waals surface area contributed by atoms with E-state index in [1.807, 2.05) is 6.92 Å². The molecule has 0 aliphatic carbocycles. The number of aryl methyl sites for hydroxylation is 1. The minimum atomic E-state index is -0.658. The molecule has 6 heteroatoms. The molecule has 3 aromatic heterocycles. The topological polar surface area (TPSA) is 99.3 Å². The number of primary amides is 1. The fraction of sp³-hybridized carbons (Fsp3) is 0.0714. The Morgan fingerprint density at radius 3 is 2.70 bits per heavy atom. The number of rotatable bonds is 3. The van der Waals surface area contributed by atoms with Gasteiger partial charge in [0.1, 0.15) is 11.8 Å². The zero-order chi connectivity index (χ0) is 14.3. The van der Waals surface area contributed by atoms with E-state index in [2.05, 4.69) is 4.98 Å². The molecule has 0 aliphatic rings. The molecule has 1 amide bonds. The van der Waals surface area contributed by atoms with Gasteiger partial charge in [0.15, 0.2) is 17.1 Å². The van der Waals surface area contributed by atoms with E-state index in [-0.39, 0.29) is 17.1 Å². The van der Waals surface area contributed by atoms with Crippen LogP contribution in [0.4, 0.5) is 0 Å². The molecule has 3 rings (SSSR count). The molecular formula is C14H10N2O4. The molecule has 2 N–H and O–H groups in total. The molecule has 3 aromatic rings. The highest BCUT2D eigenvalue weighted by Crippen LogP contribution is 2.21. The Morgan fingerprint density at radius 1 is 1.20 bits per heavy atom. The number of ketones is 1. The average Bonchev–Trinajstić information content (AvgIpc) is 3.03. The molecule has 0 aromatic carbocycles. The first-order valence-electron chi connectivity index (χ1n) is 5.85. The molecule has 20 heavy (non-hydrogen) atoms. The predicted molar refractivity (Wildman–Crippen MR) is 69.4 cm³/mol. The number of nitrogens with zero attached hydrogens (tertiary/aromatic N) is 1. The first-order chi connectivity index (χ1) is 9.54. The fourth-order valence-electron chi connectivity index (χ4n) is 1.84. The van der Waals surface area contributed by atoms with Gasteiger partial charge in [-0.15, -0.1) is 0 Å². The van der Waals surface area contributed by atoms with E-state index >= 15 is 0 Å². The lowest BCUT2D eigenvalue weighted by molar-refractivity contribution is 0.0982. The van der Waals surface area contributed by atoms with Crippen LogP contribution in [0, 0.1) is 6.92 Å². The Labute approximate surface area is 113 Å². The first kappa shape index (κ1) is 12.2. The van der Waals surface area contributed by atoms with E-state index in [9.17, 15) is 9.59 Å². The Hall–Kier alpha value is -2.89. The van der Waals surface area contributed by atoms with Crippen molar-refractivity contribution in [2.45, 2.75) is 6.92 Å². The van der Waals surface area contributed by atoms with Crippen LogP contribution in [0.3, 0.4) is 0 Å². The third kappa shape index (κ3) is 1.97. The molecule has 3 heterocycles. The molecule has 0 saturated carbocycles. The van der Waals surface area contributed by atoms with Crippen LogP contribution in [-0.2, 0) is 0 Å². The van der Waals surface area contributed by atoms with Gasteiger partial charge in [-0.25, -0.2) is 4.98 Å². The number of pyridine rings is 1. The van der Waals surface area contributed by atoms with E-state index in [1.54, 1.807) is 12.1 Å². The molecule has 0 unspecified atom stereocenters. The Kier molecular flexibility index (Phi) is 2.64. The summed E-state index contributed by atoms with van der Waals surface area (Å²) in [5.41, 5.74) is 7.17. The van der Waals surface area contributed by atoms with Crippen molar-refractivity contribution < 1.29 is 18.4 Å². The maximum absolute atomic E-state index is 12.2. The fourth-order valence-corrected chi connectivity index (χ4v) is 1.84. The summed E-state index contributed by atoms with van der Waals surface area (Å²) in [6, 6.07) is 6.36. The molecule has 0 saturated heterocycles. The van der Waals surface area contributed by atoms with Crippen molar-refractivity contribution in [2.24, 2.45) is 5.73 Å². The van der Waals surface area contributed by atoms with Gasteiger partial charge in [-0.1, -0.05) is 0 Å². The summed E-state index contributed by atoms with van der Waals surface area (Å²) in [5, 5.41) is 0. The van der Waals surface area contributed by atoms with Crippen molar-refractivity contribution >= 4 is 22.8 Å². The molecule has 0 aliphatic heterocycles. The lowest BCUT2D eigenvalue weighted by Gasteiger charge is -1.90. The molecule has 0 atom stereocenters. The Morgan fingerprint density at radius 2 is 2.00 bits per heavy atom. The molecule has 0 fully saturated rings. The second kappa shape index (κ2) is 4.34. The number of aromatic nitrogens is 1. The van der Waals surface area contributed by atoms with E-state index < -0.39 is 11.7 Å². The predicted octanol–water partition coefficient (Wildman–Crippen LogP) is 2.06. The molecule has 100 valence electrons. The highest BCUT2D eigenvalue weighted by Gasteiger charge is 2.20. The average molecular weight is 270 g/mol. The van der Waals surface area contributed by atoms with Crippen molar-refractivity contribution in [1.82, 2.24) is 4.98 Å². The number of carbonyl (C=O) groups is 2. The van der Waals surface area contributed by atoms with E-state index in [1.165, 1.54) is 12.1 Å². The van der Waals surface area contributed by atoms with E-state index in [4.69, 9.17) is 14.6 Å². The molecule has 0 spiro atoms. The van der Waals surface area contributed by atoms with Gasteiger partial charge in [0.05, 0.1) is 5.56 Å². The Bertz CT molecular complexity index is 829. The van der Waals surface area contributed by atoms with Gasteiger partial charge >= 0.3 is 0 Å². The zero-order valence-corrected chi connectivity index (χ0v) is 10.5. The van der Waals surface area contributed by atoms with Crippen LogP contribution in [0.15, 0.2) is 39.4 Å². The number of furan rings is 2. The second-order valence-electron chi connectivity index (χ2n) is 4.34. The standard InChI is InChI=1S/C14H10N2O4/c1-7-2-3-10-9(16-7)5-12(20-10)13(17)11-4-8(6-19-11)14(15)18/h2-6H,1H3,(H2,15,18). The highest BCUT2D eigenvalue weighted by molar-refractivity contribution is 6.08. The zero-order valence-electron chi connectivity index (χ0n) is 10.5. The molecule has 6 nitrogen and oxygen atoms in total. The monoisotopic (exact) mass is 270 g/mol. The number of amides is 1. The Balaban J connectivity index is 2.00. The van der Waals surface area contributed by atoms with Gasteiger partial charge < -0.3 is 14.6 Å². The molecule has 0 bridgehead atoms. The molecule has 0 radical (unpaired) electrons. The smallest absolute Gasteiger partial charge is 0.263 e. The van der Waals surface area contributed by atoms with Gasteiger partial charge in [-0.2, -0.15) is 0 Å². The minimum absolute atomic E-state index is 0.00502. The third-order valence-electron chi connectivity index (χ3n) is 2.84. The summed E-state index contributed by atoms with van der Waals surface area (Å²) in [6.45, 7) is 1.85. The summed E-state index contributed by atoms with van der Waals surface area (Å²) in [6.07, 6.45) is 1.14. The number of nitrogens with two attached hydrogens (primary N) is 1. The van der Waals surface area contributed by atoms with Gasteiger partial charge in [0.2, 0.25) is 0 Å². The van der Waals surface area contributed by atoms with Gasteiger partial charge in [0, 0.05) is 17.8 Å². The van der Waals surface area contributed by atoms with Crippen LogP contribution in [0.1, 0.15) is 32.4 Å². The van der Waals surface area contributed by atoms with Crippen LogP contribution in [0.2, 0.25) is 0 Å². The van der Waals surface area contributed by atoms with Crippen LogP contribution >= 0.6 is 0 Å². The maximum Gasteiger partial charge on any atom is 0.263 e. The second-order valence-corrected chi connectivity index (χ2v) is 4.34. The lowest BCUT2D eigenvalue weighted by Crippen LogP contribution is -2.09. The SMILES string of the molecule is Cc1ccc2oc(C(=O)c3cc(C(N)=O)co3)cc2n1. The van der Waals surface area contributed by atoms with Crippen molar-refractivity contribution in [3.8, 4) is 0 Å². The largest absolute Gasteiger partial charge is 0.460 e. The van der Waals surface area contributed by atoms with Crippen molar-refractivity contribution in [1.29, 1.82) is 0 Å². The van der Waals surface area contributed by atoms with Crippen molar-refractivity contribution in [3.05, 3.63) is 53.3 Å². The van der Waals surface area contributed by atoms with Crippen LogP contribution in [-0.4, -0.2) is 16.7 Å². The normalized spacial score (nSPS) is 10.8. The minimum Gasteiger partial charge on any atom is -0.460 e. The quantitative estimate of drug-likeness (QED) is 0.734. The van der Waals surface area contributed by atoms with Crippen LogP contribution < -0.4 is 5.73 Å². The van der Waals surface area contributed by atoms with Crippen LogP contribution in [0.5, 0.6) is 0 Å². The number of carbonyl (C=O) groups excluding carboxylic acids is 2. The lowest BCUT2D eigenvalue weighted by atomic mass is 10.2. The summed E-state index contributed by atoms with van der Waals surface area (Å²) < 4.78 is 10.5. The van der Waals surface area contributed by atoms with Crippen molar-refractivity contribution in [2.75, 3.05) is 0 Å². The summed E-state index contributed by atoms with van der Waals surface area (Å²) in [4.78, 5) is 27.4. The summed E-state index contributed by atoms with van der Waals surface area (Å²) in [7, 11) is 0. The van der Waals surface area contributed by atoms with Crippen LogP contribution in [0.25, 0.3) is 11.1 Å². The summed E-state index contributed by atoms with van der Waals surface area (Å²) >= 11 is 0. The number of fused-ring (bicyclic) bond motifs is 1. The number of hydrogen-bond donors (Lipinski definition) is 1. The number of hydrogen-bond acceptors (Lipinski definition) is 5. The third-order valence-corrected chi connectivity index (χ3v) is 2.84. The van der Waals surface area contributed by atoms with E-state index in [0.29, 0.717) is 11.1 Å². The van der Waals surface area contributed by atoms with Gasteiger partial charge in [0.25, 0.3) is 11.7 Å². The summed E-state index contributed by atoms with van der Waals surface area (Å²) in [5.74, 6) is -1.03. The van der Waals surface area contributed by atoms with Gasteiger partial charge in [-0.3, -0.25) is 9.59 Å². The highest BCUT2D eigenvalue weighted by atomic mass is 16.4. The first-order valence-corrected chi connectivity index (χ1v) is 5.85. The maximum atomic E-state index is 12.2. The molecular weight excluding hydrogens is 260 g/mol.